The number of carbonyl (C=O) groups is 2. The summed E-state index contributed by atoms with van der Waals surface area (Å²) in [7, 11) is 0. The Morgan fingerprint density at radius 2 is 1.70 bits per heavy atom. The first-order valence-electron chi connectivity index (χ1n) is 7.30. The molecule has 120 valence electrons. The molecule has 0 saturated heterocycles. The Hall–Kier alpha value is -1.98. The molecule has 0 aliphatic rings. The van der Waals surface area contributed by atoms with Crippen LogP contribution in [0.25, 0.3) is 0 Å². The fourth-order valence-electron chi connectivity index (χ4n) is 2.30. The Morgan fingerprint density at radius 1 is 1.09 bits per heavy atom. The van der Waals surface area contributed by atoms with Crippen molar-refractivity contribution in [2.45, 2.75) is 25.4 Å². The van der Waals surface area contributed by atoms with E-state index in [2.05, 4.69) is 21.2 Å². The lowest BCUT2D eigenvalue weighted by Crippen LogP contribution is -2.40. The van der Waals surface area contributed by atoms with Gasteiger partial charge in [0.05, 0.1) is 0 Å². The molecular weight excluding hydrogens is 358 g/mol. The summed E-state index contributed by atoms with van der Waals surface area (Å²) in [5, 5.41) is 12.4. The molecule has 0 aliphatic carbocycles. The van der Waals surface area contributed by atoms with E-state index in [0.717, 1.165) is 10.0 Å². The standard InChI is InChI=1S/C18H18BrNO3/c1-12(13-5-3-2-4-6-13)20-16(18(22)23)11-17(21)14-7-9-15(19)10-8-14/h2-10,12,16,20H,11H2,1H3,(H,22,23)/t12-,16-/m1/s1. The van der Waals surface area contributed by atoms with Crippen LogP contribution in [-0.4, -0.2) is 22.9 Å². The average molecular weight is 376 g/mol. The van der Waals surface area contributed by atoms with E-state index >= 15 is 0 Å². The summed E-state index contributed by atoms with van der Waals surface area (Å²) in [4.78, 5) is 23.7. The Labute approximate surface area is 143 Å². The lowest BCUT2D eigenvalue weighted by molar-refractivity contribution is -0.139. The van der Waals surface area contributed by atoms with Crippen molar-refractivity contribution >= 4 is 27.7 Å². The van der Waals surface area contributed by atoms with Gasteiger partial charge >= 0.3 is 5.97 Å². The SMILES string of the molecule is C[C@@H](N[C@H](CC(=O)c1ccc(Br)cc1)C(=O)O)c1ccccc1. The number of rotatable bonds is 7. The van der Waals surface area contributed by atoms with Gasteiger partial charge in [0.15, 0.2) is 5.78 Å². The Morgan fingerprint density at radius 3 is 2.26 bits per heavy atom. The van der Waals surface area contributed by atoms with Gasteiger partial charge in [0.2, 0.25) is 0 Å². The van der Waals surface area contributed by atoms with Crippen molar-refractivity contribution in [3.05, 3.63) is 70.2 Å². The van der Waals surface area contributed by atoms with Crippen LogP contribution in [-0.2, 0) is 4.79 Å². The third-order valence-corrected chi connectivity index (χ3v) is 4.13. The molecule has 23 heavy (non-hydrogen) atoms. The smallest absolute Gasteiger partial charge is 0.321 e. The van der Waals surface area contributed by atoms with Crippen molar-refractivity contribution < 1.29 is 14.7 Å². The van der Waals surface area contributed by atoms with Gasteiger partial charge in [-0.2, -0.15) is 0 Å². The van der Waals surface area contributed by atoms with Gasteiger partial charge in [-0.3, -0.25) is 14.9 Å². The second-order valence-electron chi connectivity index (χ2n) is 5.32. The summed E-state index contributed by atoms with van der Waals surface area (Å²) in [6.07, 6.45) is -0.0891. The molecule has 0 aliphatic heterocycles. The minimum absolute atomic E-state index is 0.0891. The number of hydrogen-bond donors (Lipinski definition) is 2. The van der Waals surface area contributed by atoms with Gasteiger partial charge in [0.25, 0.3) is 0 Å². The molecule has 4 nitrogen and oxygen atoms in total. The highest BCUT2D eigenvalue weighted by molar-refractivity contribution is 9.10. The summed E-state index contributed by atoms with van der Waals surface area (Å²) < 4.78 is 0.875. The number of halogens is 1. The highest BCUT2D eigenvalue weighted by Crippen LogP contribution is 2.16. The fraction of sp³-hybridized carbons (Fsp3) is 0.222. The number of nitrogens with one attached hydrogen (secondary N) is 1. The minimum atomic E-state index is -1.03. The molecule has 0 radical (unpaired) electrons. The van der Waals surface area contributed by atoms with Gasteiger partial charge in [-0.25, -0.2) is 0 Å². The summed E-state index contributed by atoms with van der Waals surface area (Å²) >= 11 is 3.31. The van der Waals surface area contributed by atoms with E-state index in [0.29, 0.717) is 5.56 Å². The zero-order valence-electron chi connectivity index (χ0n) is 12.7. The molecule has 0 unspecified atom stereocenters. The molecule has 2 atom stereocenters. The number of carbonyl (C=O) groups excluding carboxylic acids is 1. The number of benzene rings is 2. The van der Waals surface area contributed by atoms with Crippen molar-refractivity contribution in [1.82, 2.24) is 5.32 Å². The molecule has 2 aromatic rings. The minimum Gasteiger partial charge on any atom is -0.480 e. The van der Waals surface area contributed by atoms with Gasteiger partial charge in [0, 0.05) is 22.5 Å². The van der Waals surface area contributed by atoms with Gasteiger partial charge in [0.1, 0.15) is 6.04 Å². The number of hydrogen-bond acceptors (Lipinski definition) is 3. The Bertz CT molecular complexity index is 670. The molecule has 0 heterocycles. The fourth-order valence-corrected chi connectivity index (χ4v) is 2.56. The first-order valence-corrected chi connectivity index (χ1v) is 8.09. The van der Waals surface area contributed by atoms with Crippen LogP contribution in [0.15, 0.2) is 59.1 Å². The van der Waals surface area contributed by atoms with Crippen LogP contribution in [0.1, 0.15) is 35.3 Å². The maximum absolute atomic E-state index is 12.3. The van der Waals surface area contributed by atoms with Crippen LogP contribution in [0, 0.1) is 0 Å². The lowest BCUT2D eigenvalue weighted by atomic mass is 10.0. The molecule has 2 N–H and O–H groups in total. The lowest BCUT2D eigenvalue weighted by Gasteiger charge is -2.20. The Balaban J connectivity index is 2.05. The summed E-state index contributed by atoms with van der Waals surface area (Å²) in [6, 6.07) is 15.4. The average Bonchev–Trinajstić information content (AvgIpc) is 2.55. The monoisotopic (exact) mass is 375 g/mol. The van der Waals surface area contributed by atoms with Crippen LogP contribution < -0.4 is 5.32 Å². The van der Waals surface area contributed by atoms with Gasteiger partial charge in [-0.15, -0.1) is 0 Å². The summed E-state index contributed by atoms with van der Waals surface area (Å²) in [5.74, 6) is -1.23. The predicted octanol–water partition coefficient (Wildman–Crippen LogP) is 3.83. The van der Waals surface area contributed by atoms with Crippen LogP contribution in [0.2, 0.25) is 0 Å². The van der Waals surface area contributed by atoms with Gasteiger partial charge in [-0.05, 0) is 24.6 Å². The predicted molar refractivity (Wildman–Crippen MR) is 92.5 cm³/mol. The van der Waals surface area contributed by atoms with Gasteiger partial charge < -0.3 is 5.11 Å². The maximum atomic E-state index is 12.3. The number of ketones is 1. The van der Waals surface area contributed by atoms with E-state index in [1.807, 2.05) is 37.3 Å². The van der Waals surface area contributed by atoms with Crippen LogP contribution in [0.5, 0.6) is 0 Å². The zero-order valence-corrected chi connectivity index (χ0v) is 14.3. The molecular formula is C18H18BrNO3. The topological polar surface area (TPSA) is 66.4 Å². The maximum Gasteiger partial charge on any atom is 0.321 e. The van der Waals surface area contributed by atoms with Crippen LogP contribution in [0.3, 0.4) is 0 Å². The van der Waals surface area contributed by atoms with Crippen LogP contribution in [0.4, 0.5) is 0 Å². The van der Waals surface area contributed by atoms with Crippen molar-refractivity contribution in [3.8, 4) is 0 Å². The molecule has 0 aromatic heterocycles. The van der Waals surface area contributed by atoms with Crippen molar-refractivity contribution in [2.24, 2.45) is 0 Å². The number of carboxylic acids is 1. The second kappa shape index (κ2) is 8.04. The van der Waals surface area contributed by atoms with E-state index in [1.54, 1.807) is 24.3 Å². The number of Topliss-reactive ketones (excluding diaryl/α,β-unsaturated/α-hetero) is 1. The normalized spacial score (nSPS) is 13.3. The molecule has 0 spiro atoms. The molecule has 5 heteroatoms. The van der Waals surface area contributed by atoms with E-state index in [1.165, 1.54) is 0 Å². The number of aliphatic carboxylic acids is 1. The quantitative estimate of drug-likeness (QED) is 0.721. The zero-order chi connectivity index (χ0) is 16.8. The largest absolute Gasteiger partial charge is 0.480 e. The van der Waals surface area contributed by atoms with E-state index in [-0.39, 0.29) is 18.2 Å². The third kappa shape index (κ3) is 5.01. The molecule has 0 fully saturated rings. The molecule has 0 saturated carbocycles. The summed E-state index contributed by atoms with van der Waals surface area (Å²) in [6.45, 7) is 1.88. The highest BCUT2D eigenvalue weighted by Gasteiger charge is 2.24. The first kappa shape index (κ1) is 17.4. The molecule has 0 bridgehead atoms. The second-order valence-corrected chi connectivity index (χ2v) is 6.24. The molecule has 2 aromatic carbocycles. The van der Waals surface area contributed by atoms with Crippen molar-refractivity contribution in [1.29, 1.82) is 0 Å². The summed E-state index contributed by atoms with van der Waals surface area (Å²) in [5.41, 5.74) is 1.49. The Kier molecular flexibility index (Phi) is 6.07. The van der Waals surface area contributed by atoms with Crippen molar-refractivity contribution in [3.63, 3.8) is 0 Å². The molecule has 0 amide bonds. The van der Waals surface area contributed by atoms with E-state index in [9.17, 15) is 14.7 Å². The first-order chi connectivity index (χ1) is 11.0. The van der Waals surface area contributed by atoms with E-state index < -0.39 is 12.0 Å². The molecule has 2 rings (SSSR count). The van der Waals surface area contributed by atoms with Crippen molar-refractivity contribution in [2.75, 3.05) is 0 Å². The number of carboxylic acid groups (broad SMARTS) is 1. The highest BCUT2D eigenvalue weighted by atomic mass is 79.9. The third-order valence-electron chi connectivity index (χ3n) is 3.60. The van der Waals surface area contributed by atoms with E-state index in [4.69, 9.17) is 0 Å². The van der Waals surface area contributed by atoms with Gasteiger partial charge in [-0.1, -0.05) is 58.4 Å². The van der Waals surface area contributed by atoms with Crippen LogP contribution >= 0.6 is 15.9 Å².